The lowest BCUT2D eigenvalue weighted by molar-refractivity contribution is -0.125. The van der Waals surface area contributed by atoms with Gasteiger partial charge in [-0.05, 0) is 42.5 Å². The van der Waals surface area contributed by atoms with Crippen molar-refractivity contribution in [3.63, 3.8) is 0 Å². The van der Waals surface area contributed by atoms with Crippen molar-refractivity contribution in [2.24, 2.45) is 5.92 Å². The van der Waals surface area contributed by atoms with Crippen molar-refractivity contribution in [2.75, 3.05) is 16.9 Å². The summed E-state index contributed by atoms with van der Waals surface area (Å²) in [7, 11) is 0. The molecule has 1 atom stereocenters. The van der Waals surface area contributed by atoms with Gasteiger partial charge >= 0.3 is 0 Å². The summed E-state index contributed by atoms with van der Waals surface area (Å²) in [5.74, 6) is -0.439. The van der Waals surface area contributed by atoms with Gasteiger partial charge in [-0.1, -0.05) is 59.1 Å². The van der Waals surface area contributed by atoms with Gasteiger partial charge in [0.15, 0.2) is 0 Å². The van der Waals surface area contributed by atoms with E-state index in [1.807, 2.05) is 30.3 Å². The predicted octanol–water partition coefficient (Wildman–Crippen LogP) is 5.72. The fourth-order valence-corrected chi connectivity index (χ4v) is 4.20. The van der Waals surface area contributed by atoms with Gasteiger partial charge in [0, 0.05) is 39.3 Å². The van der Waals surface area contributed by atoms with E-state index >= 15 is 0 Å². The molecule has 0 spiro atoms. The van der Waals surface area contributed by atoms with E-state index in [-0.39, 0.29) is 24.8 Å². The highest BCUT2D eigenvalue weighted by Gasteiger charge is 2.35. The number of benzene rings is 3. The Hall–Kier alpha value is -2.93. The molecule has 0 aromatic heterocycles. The van der Waals surface area contributed by atoms with Gasteiger partial charge in [0.05, 0.1) is 11.6 Å². The molecule has 0 bridgehead atoms. The van der Waals surface area contributed by atoms with Crippen LogP contribution in [0.25, 0.3) is 0 Å². The summed E-state index contributed by atoms with van der Waals surface area (Å²) < 4.78 is 5.89. The monoisotopic (exact) mass is 503 g/mol. The largest absolute Gasteiger partial charge is 0.487 e. The molecule has 3 aromatic carbocycles. The highest BCUT2D eigenvalue weighted by molar-refractivity contribution is 6.36. The van der Waals surface area contributed by atoms with Crippen LogP contribution in [0.5, 0.6) is 5.75 Å². The molecule has 1 saturated heterocycles. The van der Waals surface area contributed by atoms with Crippen molar-refractivity contribution in [1.82, 2.24) is 5.43 Å². The Labute approximate surface area is 206 Å². The van der Waals surface area contributed by atoms with Crippen molar-refractivity contribution in [2.45, 2.75) is 13.0 Å². The lowest BCUT2D eigenvalue weighted by Gasteiger charge is -2.18. The van der Waals surface area contributed by atoms with Crippen LogP contribution in [0.2, 0.25) is 15.1 Å². The van der Waals surface area contributed by atoms with Crippen molar-refractivity contribution >= 4 is 58.0 Å². The van der Waals surface area contributed by atoms with Gasteiger partial charge in [-0.3, -0.25) is 20.4 Å². The third kappa shape index (κ3) is 5.53. The normalized spacial score (nSPS) is 15.4. The molecule has 1 aliphatic rings. The average molecular weight is 505 g/mol. The first-order chi connectivity index (χ1) is 15.9. The van der Waals surface area contributed by atoms with Crippen LogP contribution in [0.15, 0.2) is 66.7 Å². The lowest BCUT2D eigenvalue weighted by Crippen LogP contribution is -2.36. The lowest BCUT2D eigenvalue weighted by atomic mass is 10.1. The molecular formula is C24H20Cl3N3O3. The number of nitrogens with zero attached hydrogens (tertiary/aromatic N) is 1. The van der Waals surface area contributed by atoms with E-state index in [4.69, 9.17) is 39.5 Å². The smallest absolute Gasteiger partial charge is 0.243 e. The van der Waals surface area contributed by atoms with E-state index in [0.29, 0.717) is 38.6 Å². The summed E-state index contributed by atoms with van der Waals surface area (Å²) >= 11 is 18.6. The molecule has 33 heavy (non-hydrogen) atoms. The summed E-state index contributed by atoms with van der Waals surface area (Å²) in [4.78, 5) is 26.8. The second-order valence-corrected chi connectivity index (χ2v) is 8.74. The van der Waals surface area contributed by atoms with Crippen LogP contribution in [0.1, 0.15) is 12.0 Å². The number of nitrogens with one attached hydrogen (secondary N) is 2. The second-order valence-electron chi connectivity index (χ2n) is 7.48. The molecule has 2 amide bonds. The first-order valence-corrected chi connectivity index (χ1v) is 11.3. The van der Waals surface area contributed by atoms with E-state index in [1.165, 1.54) is 0 Å². The molecule has 0 unspecified atom stereocenters. The third-order valence-corrected chi connectivity index (χ3v) is 6.20. The molecule has 3 aromatic rings. The Morgan fingerprint density at radius 3 is 2.45 bits per heavy atom. The summed E-state index contributed by atoms with van der Waals surface area (Å²) in [5.41, 5.74) is 7.41. The van der Waals surface area contributed by atoms with Crippen LogP contribution < -0.4 is 20.5 Å². The van der Waals surface area contributed by atoms with Crippen LogP contribution >= 0.6 is 34.8 Å². The van der Waals surface area contributed by atoms with E-state index in [1.54, 1.807) is 41.3 Å². The van der Waals surface area contributed by atoms with Gasteiger partial charge in [0.1, 0.15) is 12.4 Å². The number of amides is 2. The van der Waals surface area contributed by atoms with Gasteiger partial charge in [0.2, 0.25) is 11.8 Å². The summed E-state index contributed by atoms with van der Waals surface area (Å²) in [6.45, 7) is 0.437. The highest BCUT2D eigenvalue weighted by Crippen LogP contribution is 2.31. The van der Waals surface area contributed by atoms with Gasteiger partial charge in [0.25, 0.3) is 0 Å². The zero-order valence-electron chi connectivity index (χ0n) is 17.4. The molecule has 1 fully saturated rings. The molecule has 0 saturated carbocycles. The zero-order chi connectivity index (χ0) is 23.4. The van der Waals surface area contributed by atoms with Crippen molar-refractivity contribution in [1.29, 1.82) is 0 Å². The Morgan fingerprint density at radius 1 is 1.00 bits per heavy atom. The Bertz CT molecular complexity index is 1150. The van der Waals surface area contributed by atoms with Gasteiger partial charge in [-0.25, -0.2) is 0 Å². The van der Waals surface area contributed by atoms with E-state index in [2.05, 4.69) is 10.9 Å². The van der Waals surface area contributed by atoms with Crippen LogP contribution in [0.3, 0.4) is 0 Å². The minimum atomic E-state index is -0.490. The molecule has 0 aliphatic carbocycles. The SMILES string of the molecule is O=C(NNc1cc(Cl)ccc1OCc1c(Cl)cccc1Cl)[C@@H]1CC(=O)N(c2ccccc2)C1. The quantitative estimate of drug-likeness (QED) is 0.404. The molecule has 4 rings (SSSR count). The minimum absolute atomic E-state index is 0.0928. The van der Waals surface area contributed by atoms with Gasteiger partial charge in [-0.15, -0.1) is 0 Å². The molecule has 6 nitrogen and oxygen atoms in total. The average Bonchev–Trinajstić information content (AvgIpc) is 3.20. The number of carbonyl (C=O) groups is 2. The molecule has 1 aliphatic heterocycles. The standard InChI is InChI=1S/C24H20Cl3N3O3/c25-16-9-10-22(33-14-18-19(26)7-4-8-20(18)27)21(12-16)28-29-24(32)15-11-23(31)30(13-15)17-5-2-1-3-6-17/h1-10,12,15,28H,11,13-14H2,(H,29,32)/t15-/m1/s1. The fraction of sp³-hybridized carbons (Fsp3) is 0.167. The Kier molecular flexibility index (Phi) is 7.28. The summed E-state index contributed by atoms with van der Waals surface area (Å²) in [5, 5.41) is 1.45. The maximum atomic E-state index is 12.7. The van der Waals surface area contributed by atoms with E-state index in [0.717, 1.165) is 5.69 Å². The number of hydrogen-bond acceptors (Lipinski definition) is 4. The molecule has 170 valence electrons. The van der Waals surface area contributed by atoms with Crippen molar-refractivity contribution in [3.8, 4) is 5.75 Å². The number of anilines is 2. The minimum Gasteiger partial charge on any atom is -0.487 e. The number of halogens is 3. The first kappa shape index (κ1) is 23.2. The van der Waals surface area contributed by atoms with Crippen molar-refractivity contribution < 1.29 is 14.3 Å². The second kappa shape index (κ2) is 10.3. The molecule has 9 heteroatoms. The molecular weight excluding hydrogens is 485 g/mol. The number of ether oxygens (including phenoxy) is 1. The van der Waals surface area contributed by atoms with E-state index in [9.17, 15) is 9.59 Å². The third-order valence-electron chi connectivity index (χ3n) is 5.26. The topological polar surface area (TPSA) is 70.7 Å². The Balaban J connectivity index is 1.40. The zero-order valence-corrected chi connectivity index (χ0v) is 19.6. The summed E-state index contributed by atoms with van der Waals surface area (Å²) in [6, 6.07) is 19.5. The van der Waals surface area contributed by atoms with Crippen LogP contribution in [0, 0.1) is 5.92 Å². The molecule has 2 N–H and O–H groups in total. The first-order valence-electron chi connectivity index (χ1n) is 10.2. The highest BCUT2D eigenvalue weighted by atomic mass is 35.5. The molecule has 0 radical (unpaired) electrons. The molecule has 1 heterocycles. The van der Waals surface area contributed by atoms with Crippen molar-refractivity contribution in [3.05, 3.63) is 87.4 Å². The maximum absolute atomic E-state index is 12.7. The fourth-order valence-electron chi connectivity index (χ4n) is 3.52. The number of carbonyl (C=O) groups excluding carboxylic acids is 2. The maximum Gasteiger partial charge on any atom is 0.243 e. The summed E-state index contributed by atoms with van der Waals surface area (Å²) in [6.07, 6.45) is 0.131. The van der Waals surface area contributed by atoms with Crippen LogP contribution in [0.4, 0.5) is 11.4 Å². The Morgan fingerprint density at radius 2 is 1.73 bits per heavy atom. The van der Waals surface area contributed by atoms with E-state index < -0.39 is 5.92 Å². The van der Waals surface area contributed by atoms with Crippen LogP contribution in [-0.2, 0) is 16.2 Å². The van der Waals surface area contributed by atoms with Gasteiger partial charge in [-0.2, -0.15) is 0 Å². The number of hydrazine groups is 1. The number of hydrogen-bond donors (Lipinski definition) is 2. The predicted molar refractivity (Wildman–Crippen MR) is 131 cm³/mol. The number of para-hydroxylation sites is 1. The van der Waals surface area contributed by atoms with Gasteiger partial charge < -0.3 is 9.64 Å². The number of rotatable bonds is 7. The van der Waals surface area contributed by atoms with Crippen LogP contribution in [-0.4, -0.2) is 18.4 Å².